The molecule has 1 aliphatic heterocycles. The molecular weight excluding hydrogens is 250 g/mol. The first-order valence-electron chi connectivity index (χ1n) is 6.34. The zero-order chi connectivity index (χ0) is 14.1. The van der Waals surface area contributed by atoms with Crippen molar-refractivity contribution in [1.82, 2.24) is 0 Å². The molecule has 0 aromatic heterocycles. The van der Waals surface area contributed by atoms with E-state index in [9.17, 15) is 4.79 Å². The van der Waals surface area contributed by atoms with Crippen LogP contribution in [0.4, 0.5) is 17.1 Å². The number of carbonyl (C=O) groups is 1. The van der Waals surface area contributed by atoms with Crippen LogP contribution in [0.15, 0.2) is 48.5 Å². The van der Waals surface area contributed by atoms with Gasteiger partial charge in [0, 0.05) is 12.7 Å². The van der Waals surface area contributed by atoms with Crippen molar-refractivity contribution in [1.29, 1.82) is 5.26 Å². The van der Waals surface area contributed by atoms with Crippen LogP contribution in [0.2, 0.25) is 0 Å². The lowest BCUT2D eigenvalue weighted by molar-refractivity contribution is -0.116. The van der Waals surface area contributed by atoms with Crippen LogP contribution in [0.25, 0.3) is 0 Å². The third-order valence-electron chi connectivity index (χ3n) is 3.39. The third-order valence-corrected chi connectivity index (χ3v) is 3.39. The Kier molecular flexibility index (Phi) is 2.88. The molecule has 0 atom stereocenters. The Balaban J connectivity index is 2.19. The topological polar surface area (TPSA) is 47.3 Å². The van der Waals surface area contributed by atoms with Crippen molar-refractivity contribution in [2.45, 2.75) is 0 Å². The number of fused-ring (bicyclic) bond motifs is 1. The Bertz CT molecular complexity index is 703. The molecule has 0 saturated carbocycles. The summed E-state index contributed by atoms with van der Waals surface area (Å²) in [6.07, 6.45) is 0. The third kappa shape index (κ3) is 1.90. The standard InChI is InChI=1S/C16H13N3O/c1-18-11-16(20)19(13-5-3-2-4-6-13)15-9-12(10-17)7-8-14(15)18/h2-9H,11H2,1H3. The molecule has 3 rings (SSSR count). The normalized spacial score (nSPS) is 13.9. The summed E-state index contributed by atoms with van der Waals surface area (Å²) in [7, 11) is 1.88. The van der Waals surface area contributed by atoms with E-state index in [0.29, 0.717) is 12.1 Å². The summed E-state index contributed by atoms with van der Waals surface area (Å²) >= 11 is 0. The molecule has 0 saturated heterocycles. The maximum Gasteiger partial charge on any atom is 0.251 e. The van der Waals surface area contributed by atoms with Crippen LogP contribution in [-0.2, 0) is 4.79 Å². The van der Waals surface area contributed by atoms with E-state index in [4.69, 9.17) is 5.26 Å². The molecule has 0 bridgehead atoms. The predicted molar refractivity (Wildman–Crippen MR) is 78.0 cm³/mol. The second-order valence-corrected chi connectivity index (χ2v) is 4.74. The van der Waals surface area contributed by atoms with Gasteiger partial charge in [0.2, 0.25) is 0 Å². The Morgan fingerprint density at radius 2 is 1.85 bits per heavy atom. The Morgan fingerprint density at radius 3 is 2.55 bits per heavy atom. The number of amides is 1. The summed E-state index contributed by atoms with van der Waals surface area (Å²) in [5.74, 6) is 0.00119. The summed E-state index contributed by atoms with van der Waals surface area (Å²) in [5.41, 5.74) is 3.08. The number of anilines is 3. The number of nitriles is 1. The highest BCUT2D eigenvalue weighted by molar-refractivity contribution is 6.08. The van der Waals surface area contributed by atoms with Gasteiger partial charge in [-0.05, 0) is 30.3 Å². The summed E-state index contributed by atoms with van der Waals surface area (Å²) in [6, 6.07) is 17.0. The average Bonchev–Trinajstić information content (AvgIpc) is 2.47. The minimum absolute atomic E-state index is 0.00119. The number of likely N-dealkylation sites (N-methyl/N-ethyl adjacent to an activating group) is 1. The number of rotatable bonds is 1. The van der Waals surface area contributed by atoms with Crippen LogP contribution >= 0.6 is 0 Å². The molecular formula is C16H13N3O. The molecule has 1 aliphatic rings. The van der Waals surface area contributed by atoms with Crippen molar-refractivity contribution < 1.29 is 4.79 Å². The molecule has 2 aromatic carbocycles. The monoisotopic (exact) mass is 263 g/mol. The molecule has 0 N–H and O–H groups in total. The van der Waals surface area contributed by atoms with Gasteiger partial charge in [-0.2, -0.15) is 5.26 Å². The molecule has 2 aromatic rings. The first kappa shape index (κ1) is 12.2. The lowest BCUT2D eigenvalue weighted by Gasteiger charge is -2.35. The molecule has 20 heavy (non-hydrogen) atoms. The Hall–Kier alpha value is -2.80. The van der Waals surface area contributed by atoms with Gasteiger partial charge in [0.05, 0.1) is 29.6 Å². The number of hydrogen-bond donors (Lipinski definition) is 0. The minimum atomic E-state index is 0.00119. The lowest BCUT2D eigenvalue weighted by atomic mass is 10.1. The Labute approximate surface area is 117 Å². The molecule has 0 aliphatic carbocycles. The van der Waals surface area contributed by atoms with Gasteiger partial charge in [-0.25, -0.2) is 0 Å². The van der Waals surface area contributed by atoms with Crippen LogP contribution in [0, 0.1) is 11.3 Å². The smallest absolute Gasteiger partial charge is 0.251 e. The van der Waals surface area contributed by atoms with Gasteiger partial charge in [0.15, 0.2) is 0 Å². The molecule has 1 heterocycles. The van der Waals surface area contributed by atoms with E-state index < -0.39 is 0 Å². The van der Waals surface area contributed by atoms with E-state index in [0.717, 1.165) is 17.1 Å². The SMILES string of the molecule is CN1CC(=O)N(c2ccccc2)c2cc(C#N)ccc21. The van der Waals surface area contributed by atoms with Crippen LogP contribution < -0.4 is 9.80 Å². The van der Waals surface area contributed by atoms with Crippen molar-refractivity contribution in [2.75, 3.05) is 23.4 Å². The first-order valence-corrected chi connectivity index (χ1v) is 6.34. The van der Waals surface area contributed by atoms with Crippen LogP contribution in [0.5, 0.6) is 0 Å². The molecule has 0 fully saturated rings. The molecule has 98 valence electrons. The van der Waals surface area contributed by atoms with E-state index in [1.807, 2.05) is 48.3 Å². The lowest BCUT2D eigenvalue weighted by Crippen LogP contribution is -2.41. The van der Waals surface area contributed by atoms with Gasteiger partial charge in [0.25, 0.3) is 5.91 Å². The van der Waals surface area contributed by atoms with Gasteiger partial charge >= 0.3 is 0 Å². The summed E-state index contributed by atoms with van der Waals surface area (Å²) < 4.78 is 0. The van der Waals surface area contributed by atoms with Crippen molar-refractivity contribution in [3.63, 3.8) is 0 Å². The van der Waals surface area contributed by atoms with E-state index in [1.165, 1.54) is 0 Å². The van der Waals surface area contributed by atoms with Crippen molar-refractivity contribution >= 4 is 23.0 Å². The first-order chi connectivity index (χ1) is 9.70. The fourth-order valence-corrected chi connectivity index (χ4v) is 2.45. The second kappa shape index (κ2) is 4.71. The van der Waals surface area contributed by atoms with Crippen molar-refractivity contribution in [3.8, 4) is 6.07 Å². The van der Waals surface area contributed by atoms with Gasteiger partial charge < -0.3 is 4.90 Å². The van der Waals surface area contributed by atoms with Crippen LogP contribution in [-0.4, -0.2) is 19.5 Å². The maximum atomic E-state index is 12.4. The van der Waals surface area contributed by atoms with Gasteiger partial charge in [-0.15, -0.1) is 0 Å². The molecule has 0 unspecified atom stereocenters. The molecule has 0 spiro atoms. The largest absolute Gasteiger partial charge is 0.364 e. The quantitative estimate of drug-likeness (QED) is 0.794. The van der Waals surface area contributed by atoms with Crippen LogP contribution in [0.1, 0.15) is 5.56 Å². The zero-order valence-corrected chi connectivity index (χ0v) is 11.1. The van der Waals surface area contributed by atoms with E-state index in [1.54, 1.807) is 17.0 Å². The highest BCUT2D eigenvalue weighted by Crippen LogP contribution is 2.38. The van der Waals surface area contributed by atoms with Gasteiger partial charge in [-0.1, -0.05) is 18.2 Å². The molecule has 0 radical (unpaired) electrons. The van der Waals surface area contributed by atoms with E-state index in [2.05, 4.69) is 6.07 Å². The Morgan fingerprint density at radius 1 is 1.10 bits per heavy atom. The van der Waals surface area contributed by atoms with E-state index in [-0.39, 0.29) is 5.91 Å². The summed E-state index contributed by atoms with van der Waals surface area (Å²) in [5, 5.41) is 9.06. The average molecular weight is 263 g/mol. The predicted octanol–water partition coefficient (Wildman–Crippen LogP) is 2.67. The number of carbonyl (C=O) groups excluding carboxylic acids is 1. The molecule has 4 heteroatoms. The highest BCUT2D eigenvalue weighted by Gasteiger charge is 2.28. The van der Waals surface area contributed by atoms with Crippen molar-refractivity contribution in [3.05, 3.63) is 54.1 Å². The fraction of sp³-hybridized carbons (Fsp3) is 0.125. The number of benzene rings is 2. The highest BCUT2D eigenvalue weighted by atomic mass is 16.2. The number of nitrogens with zero attached hydrogens (tertiary/aromatic N) is 3. The zero-order valence-electron chi connectivity index (χ0n) is 11.1. The molecule has 4 nitrogen and oxygen atoms in total. The van der Waals surface area contributed by atoms with E-state index >= 15 is 0 Å². The van der Waals surface area contributed by atoms with Crippen molar-refractivity contribution in [2.24, 2.45) is 0 Å². The number of para-hydroxylation sites is 1. The summed E-state index contributed by atoms with van der Waals surface area (Å²) in [6.45, 7) is 0.327. The van der Waals surface area contributed by atoms with Crippen LogP contribution in [0.3, 0.4) is 0 Å². The maximum absolute atomic E-state index is 12.4. The summed E-state index contributed by atoms with van der Waals surface area (Å²) in [4.78, 5) is 15.9. The fourth-order valence-electron chi connectivity index (χ4n) is 2.45. The number of hydrogen-bond acceptors (Lipinski definition) is 3. The minimum Gasteiger partial charge on any atom is -0.364 e. The molecule has 1 amide bonds. The van der Waals surface area contributed by atoms with Gasteiger partial charge in [0.1, 0.15) is 0 Å². The van der Waals surface area contributed by atoms with Gasteiger partial charge in [-0.3, -0.25) is 9.69 Å². The second-order valence-electron chi connectivity index (χ2n) is 4.74.